The Morgan fingerprint density at radius 1 is 0.690 bits per heavy atom. The van der Waals surface area contributed by atoms with Gasteiger partial charge in [0.1, 0.15) is 0 Å². The van der Waals surface area contributed by atoms with E-state index in [0.717, 1.165) is 25.8 Å². The van der Waals surface area contributed by atoms with E-state index in [-0.39, 0.29) is 5.92 Å². The van der Waals surface area contributed by atoms with Crippen LogP contribution >= 0.6 is 0 Å². The zero-order valence-corrected chi connectivity index (χ0v) is 18.8. The van der Waals surface area contributed by atoms with Crippen molar-refractivity contribution in [3.63, 3.8) is 0 Å². The molecule has 1 aromatic rings. The summed E-state index contributed by atoms with van der Waals surface area (Å²) in [5.41, 5.74) is 0.823. The van der Waals surface area contributed by atoms with Gasteiger partial charge >= 0.3 is 0 Å². The molecule has 0 bridgehead atoms. The Kier molecular flexibility index (Phi) is 10.0. The van der Waals surface area contributed by atoms with Crippen LogP contribution in [-0.4, -0.2) is 35.2 Å². The maximum absolute atomic E-state index is 12.0. The summed E-state index contributed by atoms with van der Waals surface area (Å²) in [5.74, 6) is 0.273. The number of likely N-dealkylation sites (tertiary alicyclic amines) is 1. The first-order valence-corrected chi connectivity index (χ1v) is 12.8. The van der Waals surface area contributed by atoms with Crippen LogP contribution in [-0.2, 0) is 0 Å². The van der Waals surface area contributed by atoms with E-state index in [2.05, 4.69) is 35.2 Å². The molecular formula is C27H45NO. The molecule has 2 aliphatic rings. The first-order chi connectivity index (χ1) is 14.3. The van der Waals surface area contributed by atoms with Crippen LogP contribution in [0.25, 0.3) is 0 Å². The predicted molar refractivity (Wildman–Crippen MR) is 124 cm³/mol. The topological polar surface area (TPSA) is 23.5 Å². The standard InChI is InChI=1S/C27H45NO/c29-27(20-13-6-4-2-1-3-5-7-14-21-27)26(25-17-11-10-12-18-25)19-24-28-22-15-8-9-16-23-28/h10-12,17-18,26,29H,1-9,13-16,19-24H2. The largest absolute Gasteiger partial charge is 0.389 e. The van der Waals surface area contributed by atoms with Crippen LogP contribution in [0.3, 0.4) is 0 Å². The van der Waals surface area contributed by atoms with Crippen molar-refractivity contribution < 1.29 is 5.11 Å². The fourth-order valence-corrected chi connectivity index (χ4v) is 5.68. The van der Waals surface area contributed by atoms with Gasteiger partial charge in [0, 0.05) is 5.92 Å². The van der Waals surface area contributed by atoms with E-state index < -0.39 is 5.60 Å². The molecule has 0 aromatic heterocycles. The van der Waals surface area contributed by atoms with Gasteiger partial charge in [0.2, 0.25) is 0 Å². The minimum absolute atomic E-state index is 0.273. The highest BCUT2D eigenvalue weighted by Gasteiger charge is 2.36. The number of hydrogen-bond acceptors (Lipinski definition) is 2. The second kappa shape index (κ2) is 12.7. The number of rotatable bonds is 5. The van der Waals surface area contributed by atoms with Gasteiger partial charge in [0.05, 0.1) is 5.60 Å². The fraction of sp³-hybridized carbons (Fsp3) is 0.778. The van der Waals surface area contributed by atoms with Crippen molar-refractivity contribution in [1.82, 2.24) is 4.90 Å². The zero-order chi connectivity index (χ0) is 20.2. The van der Waals surface area contributed by atoms with E-state index in [0.29, 0.717) is 0 Å². The van der Waals surface area contributed by atoms with E-state index in [1.165, 1.54) is 102 Å². The summed E-state index contributed by atoms with van der Waals surface area (Å²) in [4.78, 5) is 2.67. The third kappa shape index (κ3) is 7.72. The van der Waals surface area contributed by atoms with Crippen LogP contribution in [0.2, 0.25) is 0 Å². The first-order valence-electron chi connectivity index (χ1n) is 12.8. The van der Waals surface area contributed by atoms with E-state index in [1.54, 1.807) is 0 Å². The van der Waals surface area contributed by atoms with Crippen LogP contribution < -0.4 is 0 Å². The van der Waals surface area contributed by atoms with Crippen LogP contribution in [0.1, 0.15) is 114 Å². The normalized spacial score (nSPS) is 24.0. The Hall–Kier alpha value is -0.860. The monoisotopic (exact) mass is 399 g/mol. The highest BCUT2D eigenvalue weighted by atomic mass is 16.3. The summed E-state index contributed by atoms with van der Waals surface area (Å²) in [6, 6.07) is 11.0. The molecule has 2 fully saturated rings. The number of nitrogens with zero attached hydrogens (tertiary/aromatic N) is 1. The Balaban J connectivity index is 1.71. The molecule has 0 amide bonds. The fourth-order valence-electron chi connectivity index (χ4n) is 5.68. The number of benzene rings is 1. The Morgan fingerprint density at radius 3 is 1.72 bits per heavy atom. The molecule has 2 nitrogen and oxygen atoms in total. The Morgan fingerprint density at radius 2 is 1.17 bits per heavy atom. The van der Waals surface area contributed by atoms with E-state index in [4.69, 9.17) is 0 Å². The molecule has 1 aliphatic carbocycles. The molecule has 0 radical (unpaired) electrons. The molecule has 1 atom stereocenters. The van der Waals surface area contributed by atoms with Crippen molar-refractivity contribution >= 4 is 0 Å². The lowest BCUT2D eigenvalue weighted by Gasteiger charge is -2.38. The van der Waals surface area contributed by atoms with Crippen molar-refractivity contribution in [1.29, 1.82) is 0 Å². The highest BCUT2D eigenvalue weighted by molar-refractivity contribution is 5.23. The average Bonchev–Trinajstić information content (AvgIpc) is 3.01. The van der Waals surface area contributed by atoms with Crippen LogP contribution in [0.15, 0.2) is 30.3 Å². The van der Waals surface area contributed by atoms with Gasteiger partial charge in [-0.1, -0.05) is 101 Å². The summed E-state index contributed by atoms with van der Waals surface area (Å²) >= 11 is 0. The van der Waals surface area contributed by atoms with Gasteiger partial charge in [0.15, 0.2) is 0 Å². The second-order valence-electron chi connectivity index (χ2n) is 9.79. The number of hydrogen-bond donors (Lipinski definition) is 1. The van der Waals surface area contributed by atoms with E-state index in [1.807, 2.05) is 0 Å². The van der Waals surface area contributed by atoms with Gasteiger partial charge in [-0.25, -0.2) is 0 Å². The second-order valence-corrected chi connectivity index (χ2v) is 9.79. The lowest BCUT2D eigenvalue weighted by Crippen LogP contribution is -2.39. The van der Waals surface area contributed by atoms with Crippen molar-refractivity contribution in [3.8, 4) is 0 Å². The lowest BCUT2D eigenvalue weighted by atomic mass is 9.73. The molecule has 1 N–H and O–H groups in total. The van der Waals surface area contributed by atoms with E-state index >= 15 is 0 Å². The predicted octanol–water partition coefficient (Wildman–Crippen LogP) is 7.07. The van der Waals surface area contributed by atoms with Crippen LogP contribution in [0.5, 0.6) is 0 Å². The SMILES string of the molecule is OC1(C(CCN2CCCCCC2)c2ccccc2)CCCCCCCCCCC1. The molecule has 29 heavy (non-hydrogen) atoms. The van der Waals surface area contributed by atoms with Gasteiger partial charge in [-0.3, -0.25) is 0 Å². The Bertz CT molecular complexity index is 523. The molecule has 1 heterocycles. The molecule has 3 rings (SSSR count). The molecular weight excluding hydrogens is 354 g/mol. The molecule has 1 aromatic carbocycles. The summed E-state index contributed by atoms with van der Waals surface area (Å²) in [6.07, 6.45) is 20.3. The minimum Gasteiger partial charge on any atom is -0.389 e. The van der Waals surface area contributed by atoms with E-state index in [9.17, 15) is 5.11 Å². The van der Waals surface area contributed by atoms with Gasteiger partial charge in [-0.2, -0.15) is 0 Å². The van der Waals surface area contributed by atoms with Crippen LogP contribution in [0, 0.1) is 0 Å². The highest BCUT2D eigenvalue weighted by Crippen LogP contribution is 2.40. The van der Waals surface area contributed by atoms with Crippen molar-refractivity contribution in [2.24, 2.45) is 0 Å². The van der Waals surface area contributed by atoms with Crippen molar-refractivity contribution in [2.45, 2.75) is 114 Å². The maximum atomic E-state index is 12.0. The summed E-state index contributed by atoms with van der Waals surface area (Å²) in [7, 11) is 0. The average molecular weight is 400 g/mol. The van der Waals surface area contributed by atoms with Gasteiger partial charge in [0.25, 0.3) is 0 Å². The molecule has 1 saturated carbocycles. The minimum atomic E-state index is -0.535. The Labute approximate surface area is 180 Å². The van der Waals surface area contributed by atoms with Gasteiger partial charge < -0.3 is 10.0 Å². The zero-order valence-electron chi connectivity index (χ0n) is 18.8. The van der Waals surface area contributed by atoms with Crippen molar-refractivity contribution in [2.75, 3.05) is 19.6 Å². The van der Waals surface area contributed by atoms with Gasteiger partial charge in [-0.05, 0) is 57.3 Å². The summed E-state index contributed by atoms with van der Waals surface area (Å²) in [6.45, 7) is 3.64. The number of aliphatic hydroxyl groups is 1. The lowest BCUT2D eigenvalue weighted by molar-refractivity contribution is -0.0145. The van der Waals surface area contributed by atoms with Gasteiger partial charge in [-0.15, -0.1) is 0 Å². The third-order valence-electron chi connectivity index (χ3n) is 7.50. The first kappa shape index (κ1) is 22.8. The maximum Gasteiger partial charge on any atom is 0.0716 e. The third-order valence-corrected chi connectivity index (χ3v) is 7.50. The molecule has 2 heteroatoms. The summed E-state index contributed by atoms with van der Waals surface area (Å²) in [5, 5.41) is 12.0. The molecule has 0 spiro atoms. The molecule has 164 valence electrons. The van der Waals surface area contributed by atoms with Crippen LogP contribution in [0.4, 0.5) is 0 Å². The molecule has 1 saturated heterocycles. The quantitative estimate of drug-likeness (QED) is 0.572. The molecule has 1 unspecified atom stereocenters. The smallest absolute Gasteiger partial charge is 0.0716 e. The van der Waals surface area contributed by atoms with Crippen molar-refractivity contribution in [3.05, 3.63) is 35.9 Å². The summed E-state index contributed by atoms with van der Waals surface area (Å²) < 4.78 is 0. The molecule has 1 aliphatic heterocycles.